The molecule has 7 heteroatoms. The number of carbonyl (C=O) groups excluding carboxylic acids is 3. The molecule has 0 saturated heterocycles. The third kappa shape index (κ3) is 5.57. The van der Waals surface area contributed by atoms with Crippen molar-refractivity contribution in [3.63, 3.8) is 0 Å². The van der Waals surface area contributed by atoms with E-state index in [0.717, 1.165) is 0 Å². The largest absolute Gasteiger partial charge is 0.354 e. The number of nitrogens with zero attached hydrogens (tertiary/aromatic N) is 1. The SMILES string of the molecule is CC(C)CNC(=O)CONC(=O)c1cccc(C=O)n1. The number of hydrogen-bond acceptors (Lipinski definition) is 5. The van der Waals surface area contributed by atoms with Gasteiger partial charge in [-0.25, -0.2) is 10.5 Å². The Morgan fingerprint density at radius 3 is 2.80 bits per heavy atom. The lowest BCUT2D eigenvalue weighted by atomic mass is 10.2. The monoisotopic (exact) mass is 279 g/mol. The number of aldehydes is 1. The molecule has 0 aliphatic rings. The Morgan fingerprint density at radius 1 is 1.40 bits per heavy atom. The Hall–Kier alpha value is -2.28. The molecule has 0 radical (unpaired) electrons. The summed E-state index contributed by atoms with van der Waals surface area (Å²) in [7, 11) is 0. The van der Waals surface area contributed by atoms with Crippen molar-refractivity contribution < 1.29 is 19.2 Å². The van der Waals surface area contributed by atoms with E-state index in [4.69, 9.17) is 4.84 Å². The molecule has 0 aliphatic heterocycles. The highest BCUT2D eigenvalue weighted by Crippen LogP contribution is 1.97. The van der Waals surface area contributed by atoms with Gasteiger partial charge >= 0.3 is 0 Å². The average Bonchev–Trinajstić information content (AvgIpc) is 2.45. The lowest BCUT2D eigenvalue weighted by Crippen LogP contribution is -2.34. The number of rotatable bonds is 7. The molecule has 2 N–H and O–H groups in total. The fraction of sp³-hybridized carbons (Fsp3) is 0.385. The van der Waals surface area contributed by atoms with E-state index in [2.05, 4.69) is 15.8 Å². The maximum atomic E-state index is 11.6. The van der Waals surface area contributed by atoms with Gasteiger partial charge in [0.1, 0.15) is 11.4 Å². The standard InChI is InChI=1S/C13H17N3O4/c1-9(2)6-14-12(18)8-20-16-13(19)11-5-3-4-10(7-17)15-11/h3-5,7,9H,6,8H2,1-2H3,(H,14,18)(H,16,19). The van der Waals surface area contributed by atoms with E-state index in [1.807, 2.05) is 13.8 Å². The number of amides is 2. The summed E-state index contributed by atoms with van der Waals surface area (Å²) >= 11 is 0. The predicted octanol–water partition coefficient (Wildman–Crippen LogP) is 0.328. The number of nitrogens with one attached hydrogen (secondary N) is 2. The first kappa shape index (κ1) is 15.8. The zero-order valence-corrected chi connectivity index (χ0v) is 11.4. The van der Waals surface area contributed by atoms with Crippen LogP contribution in [-0.2, 0) is 9.63 Å². The molecule has 1 rings (SSSR count). The highest BCUT2D eigenvalue weighted by Gasteiger charge is 2.09. The zero-order valence-electron chi connectivity index (χ0n) is 11.4. The minimum atomic E-state index is -0.620. The van der Waals surface area contributed by atoms with Gasteiger partial charge in [0.05, 0.1) is 0 Å². The molecular formula is C13H17N3O4. The van der Waals surface area contributed by atoms with Crippen LogP contribution in [0.15, 0.2) is 18.2 Å². The minimum Gasteiger partial charge on any atom is -0.354 e. The highest BCUT2D eigenvalue weighted by atomic mass is 16.7. The molecule has 0 unspecified atom stereocenters. The Kier molecular flexibility index (Phi) is 6.31. The summed E-state index contributed by atoms with van der Waals surface area (Å²) in [6, 6.07) is 4.44. The van der Waals surface area contributed by atoms with Crippen LogP contribution < -0.4 is 10.8 Å². The van der Waals surface area contributed by atoms with E-state index in [9.17, 15) is 14.4 Å². The topological polar surface area (TPSA) is 97.4 Å². The molecule has 1 aromatic rings. The quantitative estimate of drug-likeness (QED) is 0.553. The second kappa shape index (κ2) is 8.00. The number of carbonyl (C=O) groups is 3. The van der Waals surface area contributed by atoms with Crippen LogP contribution in [-0.4, -0.2) is 36.2 Å². The van der Waals surface area contributed by atoms with Crippen LogP contribution in [0.1, 0.15) is 34.8 Å². The van der Waals surface area contributed by atoms with E-state index < -0.39 is 5.91 Å². The number of aromatic nitrogens is 1. The molecule has 1 heterocycles. The van der Waals surface area contributed by atoms with E-state index in [1.165, 1.54) is 18.2 Å². The van der Waals surface area contributed by atoms with Crippen molar-refractivity contribution in [2.75, 3.05) is 13.2 Å². The maximum absolute atomic E-state index is 11.6. The summed E-state index contributed by atoms with van der Waals surface area (Å²) in [5, 5.41) is 2.64. The molecule has 0 aromatic carbocycles. The van der Waals surface area contributed by atoms with E-state index in [0.29, 0.717) is 18.7 Å². The second-order valence-electron chi connectivity index (χ2n) is 4.48. The third-order valence-electron chi connectivity index (χ3n) is 2.20. The summed E-state index contributed by atoms with van der Waals surface area (Å²) in [6.45, 7) is 4.19. The van der Waals surface area contributed by atoms with Crippen molar-refractivity contribution in [1.82, 2.24) is 15.8 Å². The smallest absolute Gasteiger partial charge is 0.293 e. The van der Waals surface area contributed by atoms with Gasteiger partial charge in [-0.15, -0.1) is 0 Å². The second-order valence-corrected chi connectivity index (χ2v) is 4.48. The summed E-state index contributed by atoms with van der Waals surface area (Å²) in [6.07, 6.45) is 0.539. The van der Waals surface area contributed by atoms with Gasteiger partial charge in [0, 0.05) is 6.54 Å². The first-order valence-corrected chi connectivity index (χ1v) is 6.14. The van der Waals surface area contributed by atoms with E-state index in [-0.39, 0.29) is 23.9 Å². The molecule has 0 fully saturated rings. The minimum absolute atomic E-state index is 0.0391. The van der Waals surface area contributed by atoms with Crippen molar-refractivity contribution in [1.29, 1.82) is 0 Å². The molecule has 2 amide bonds. The van der Waals surface area contributed by atoms with E-state index >= 15 is 0 Å². The first-order valence-electron chi connectivity index (χ1n) is 6.14. The van der Waals surface area contributed by atoms with Crippen molar-refractivity contribution in [2.45, 2.75) is 13.8 Å². The van der Waals surface area contributed by atoms with Crippen LogP contribution in [0.5, 0.6) is 0 Å². The molecular weight excluding hydrogens is 262 g/mol. The molecule has 20 heavy (non-hydrogen) atoms. The maximum Gasteiger partial charge on any atom is 0.293 e. The summed E-state index contributed by atoms with van der Waals surface area (Å²) < 4.78 is 0. The van der Waals surface area contributed by atoms with Crippen LogP contribution >= 0.6 is 0 Å². The van der Waals surface area contributed by atoms with Crippen LogP contribution in [0.2, 0.25) is 0 Å². The molecule has 0 saturated carbocycles. The van der Waals surface area contributed by atoms with Gasteiger partial charge in [0.2, 0.25) is 5.91 Å². The summed E-state index contributed by atoms with van der Waals surface area (Å²) in [5.41, 5.74) is 2.28. The third-order valence-corrected chi connectivity index (χ3v) is 2.20. The molecule has 108 valence electrons. The van der Waals surface area contributed by atoms with Crippen LogP contribution in [0.25, 0.3) is 0 Å². The van der Waals surface area contributed by atoms with Gasteiger partial charge in [0.15, 0.2) is 12.9 Å². The lowest BCUT2D eigenvalue weighted by molar-refractivity contribution is -0.127. The van der Waals surface area contributed by atoms with Gasteiger partial charge in [-0.3, -0.25) is 19.2 Å². The fourth-order valence-electron chi connectivity index (χ4n) is 1.23. The van der Waals surface area contributed by atoms with Gasteiger partial charge in [-0.1, -0.05) is 19.9 Å². The predicted molar refractivity (Wildman–Crippen MR) is 70.9 cm³/mol. The lowest BCUT2D eigenvalue weighted by Gasteiger charge is -2.08. The van der Waals surface area contributed by atoms with Crippen LogP contribution in [0.3, 0.4) is 0 Å². The molecule has 0 aliphatic carbocycles. The summed E-state index contributed by atoms with van der Waals surface area (Å²) in [4.78, 5) is 42.0. The Labute approximate surface area is 116 Å². The van der Waals surface area contributed by atoms with Gasteiger partial charge in [-0.2, -0.15) is 0 Å². The highest BCUT2D eigenvalue weighted by molar-refractivity contribution is 5.92. The molecule has 7 nitrogen and oxygen atoms in total. The van der Waals surface area contributed by atoms with Crippen molar-refractivity contribution in [2.24, 2.45) is 5.92 Å². The zero-order chi connectivity index (χ0) is 15.0. The van der Waals surface area contributed by atoms with Crippen molar-refractivity contribution >= 4 is 18.1 Å². The Morgan fingerprint density at radius 2 is 2.15 bits per heavy atom. The Balaban J connectivity index is 2.36. The first-order chi connectivity index (χ1) is 9.52. The normalized spacial score (nSPS) is 10.2. The van der Waals surface area contributed by atoms with Gasteiger partial charge in [-0.05, 0) is 18.1 Å². The average molecular weight is 279 g/mol. The van der Waals surface area contributed by atoms with Crippen molar-refractivity contribution in [3.05, 3.63) is 29.6 Å². The summed E-state index contributed by atoms with van der Waals surface area (Å²) in [5.74, 6) is -0.609. The van der Waals surface area contributed by atoms with Crippen LogP contribution in [0, 0.1) is 5.92 Å². The van der Waals surface area contributed by atoms with E-state index in [1.54, 1.807) is 0 Å². The Bertz CT molecular complexity index is 488. The molecule has 0 atom stereocenters. The molecule has 1 aromatic heterocycles. The van der Waals surface area contributed by atoms with Gasteiger partial charge < -0.3 is 5.32 Å². The number of pyridine rings is 1. The molecule has 0 spiro atoms. The fourth-order valence-corrected chi connectivity index (χ4v) is 1.23. The van der Waals surface area contributed by atoms with Gasteiger partial charge in [0.25, 0.3) is 5.91 Å². The number of hydrogen-bond donors (Lipinski definition) is 2. The molecule has 0 bridgehead atoms. The van der Waals surface area contributed by atoms with Crippen molar-refractivity contribution in [3.8, 4) is 0 Å². The number of hydroxylamine groups is 1. The van der Waals surface area contributed by atoms with Crippen LogP contribution in [0.4, 0.5) is 0 Å².